The van der Waals surface area contributed by atoms with Gasteiger partial charge in [0.1, 0.15) is 22.9 Å². The molecule has 5 heteroatoms. The molecule has 0 heterocycles. The highest BCUT2D eigenvalue weighted by Gasteiger charge is 2.15. The molecular formula is C29H49NO4. The van der Waals surface area contributed by atoms with Crippen LogP contribution in [0.2, 0.25) is 0 Å². The number of unbranched alkanes of at least 4 members (excludes halogenated alkanes) is 13. The molecule has 0 aliphatic rings. The van der Waals surface area contributed by atoms with E-state index in [0.29, 0.717) is 29.4 Å². The van der Waals surface area contributed by atoms with Crippen molar-refractivity contribution >= 4 is 11.6 Å². The summed E-state index contributed by atoms with van der Waals surface area (Å²) in [5.41, 5.74) is 0.553. The molecular weight excluding hydrogens is 426 g/mol. The first kappa shape index (κ1) is 29.9. The molecule has 0 saturated carbocycles. The highest BCUT2D eigenvalue weighted by atomic mass is 16.5. The van der Waals surface area contributed by atoms with Gasteiger partial charge in [0.25, 0.3) is 0 Å². The van der Waals surface area contributed by atoms with E-state index in [1.807, 2.05) is 0 Å². The third-order valence-electron chi connectivity index (χ3n) is 6.15. The van der Waals surface area contributed by atoms with Crippen LogP contribution in [0.4, 0.5) is 5.69 Å². The van der Waals surface area contributed by atoms with Gasteiger partial charge >= 0.3 is 0 Å². The Hall–Kier alpha value is -2.17. The van der Waals surface area contributed by atoms with Gasteiger partial charge < -0.3 is 19.5 Å². The molecule has 0 unspecified atom stereocenters. The Morgan fingerprint density at radius 2 is 1.18 bits per heavy atom. The fraction of sp³-hybridized carbons (Fsp3) is 0.690. The Labute approximate surface area is 208 Å². The predicted octanol–water partition coefficient (Wildman–Crippen LogP) is 8.47. The number of methoxy groups -OCH3 is 3. The number of rotatable bonds is 21. The summed E-state index contributed by atoms with van der Waals surface area (Å²) in [6, 6.07) is 3.48. The minimum Gasteiger partial charge on any atom is -0.496 e. The molecule has 0 radical (unpaired) electrons. The molecule has 0 spiro atoms. The third kappa shape index (κ3) is 13.5. The van der Waals surface area contributed by atoms with E-state index < -0.39 is 0 Å². The molecule has 0 fully saturated rings. The number of benzene rings is 1. The average Bonchev–Trinajstić information content (AvgIpc) is 2.85. The molecule has 194 valence electrons. The van der Waals surface area contributed by atoms with Gasteiger partial charge in [0.2, 0.25) is 5.91 Å². The molecule has 0 bridgehead atoms. The molecule has 1 aromatic rings. The van der Waals surface area contributed by atoms with Crippen LogP contribution in [0, 0.1) is 0 Å². The number of allylic oxidation sites excluding steroid dienone is 2. The summed E-state index contributed by atoms with van der Waals surface area (Å²) in [5.74, 6) is 1.66. The Bertz CT molecular complexity index is 662. The Morgan fingerprint density at radius 1 is 0.706 bits per heavy atom. The van der Waals surface area contributed by atoms with Crippen LogP contribution in [0.1, 0.15) is 110 Å². The molecule has 0 aliphatic carbocycles. The predicted molar refractivity (Wildman–Crippen MR) is 143 cm³/mol. The van der Waals surface area contributed by atoms with Crippen molar-refractivity contribution in [1.29, 1.82) is 0 Å². The summed E-state index contributed by atoms with van der Waals surface area (Å²) in [7, 11) is 4.72. The zero-order valence-corrected chi connectivity index (χ0v) is 22.3. The average molecular weight is 476 g/mol. The van der Waals surface area contributed by atoms with Crippen LogP contribution in [-0.4, -0.2) is 27.2 Å². The lowest BCUT2D eigenvalue weighted by Gasteiger charge is -2.15. The maximum atomic E-state index is 12.4. The lowest BCUT2D eigenvalue weighted by atomic mass is 10.1. The van der Waals surface area contributed by atoms with E-state index in [2.05, 4.69) is 24.4 Å². The molecule has 0 atom stereocenters. The summed E-state index contributed by atoms with van der Waals surface area (Å²) >= 11 is 0. The zero-order chi connectivity index (χ0) is 24.9. The van der Waals surface area contributed by atoms with E-state index in [1.165, 1.54) is 83.5 Å². The van der Waals surface area contributed by atoms with Crippen molar-refractivity contribution in [2.24, 2.45) is 0 Å². The van der Waals surface area contributed by atoms with Gasteiger partial charge in [-0.15, -0.1) is 0 Å². The molecule has 0 aromatic heterocycles. The van der Waals surface area contributed by atoms with Gasteiger partial charge in [-0.1, -0.05) is 83.3 Å². The van der Waals surface area contributed by atoms with E-state index in [4.69, 9.17) is 14.2 Å². The van der Waals surface area contributed by atoms with E-state index in [9.17, 15) is 4.79 Å². The molecule has 1 rings (SSSR count). The molecule has 1 N–H and O–H groups in total. The number of hydrogen-bond acceptors (Lipinski definition) is 4. The molecule has 34 heavy (non-hydrogen) atoms. The summed E-state index contributed by atoms with van der Waals surface area (Å²) in [6.07, 6.45) is 24.3. The largest absolute Gasteiger partial charge is 0.496 e. The zero-order valence-electron chi connectivity index (χ0n) is 22.3. The SMILES string of the molecule is CCCCCCCCC=CCCCCCCCCCC(=O)Nc1c(OC)cc(OC)cc1OC. The van der Waals surface area contributed by atoms with Crippen molar-refractivity contribution in [3.63, 3.8) is 0 Å². The number of carbonyl (C=O) groups is 1. The Balaban J connectivity index is 2.06. The van der Waals surface area contributed by atoms with Crippen LogP contribution < -0.4 is 19.5 Å². The van der Waals surface area contributed by atoms with Gasteiger partial charge in [0.05, 0.1) is 21.3 Å². The number of amides is 1. The smallest absolute Gasteiger partial charge is 0.224 e. The Kier molecular flexibility index (Phi) is 17.8. The van der Waals surface area contributed by atoms with Gasteiger partial charge in [-0.25, -0.2) is 0 Å². The number of nitrogens with one attached hydrogen (secondary N) is 1. The number of anilines is 1. The summed E-state index contributed by atoms with van der Waals surface area (Å²) in [6.45, 7) is 2.27. The molecule has 0 saturated heterocycles. The maximum absolute atomic E-state index is 12.4. The minimum absolute atomic E-state index is 0.0190. The van der Waals surface area contributed by atoms with E-state index in [0.717, 1.165) is 12.8 Å². The first-order chi connectivity index (χ1) is 16.7. The highest BCUT2D eigenvalue weighted by Crippen LogP contribution is 2.39. The van der Waals surface area contributed by atoms with Gasteiger partial charge in [-0.05, 0) is 32.1 Å². The van der Waals surface area contributed by atoms with E-state index >= 15 is 0 Å². The first-order valence-electron chi connectivity index (χ1n) is 13.4. The normalized spacial score (nSPS) is 11.1. The van der Waals surface area contributed by atoms with Gasteiger partial charge in [0, 0.05) is 18.6 Å². The van der Waals surface area contributed by atoms with Crippen LogP contribution in [0.25, 0.3) is 0 Å². The minimum atomic E-state index is -0.0190. The van der Waals surface area contributed by atoms with Crippen molar-refractivity contribution in [2.75, 3.05) is 26.6 Å². The topological polar surface area (TPSA) is 56.8 Å². The standard InChI is InChI=1S/C29H49NO4/c1-5-6-7-8-9-10-11-12-13-14-15-16-17-18-19-20-21-22-28(31)30-29-26(33-3)23-25(32-2)24-27(29)34-4/h12-13,23-24H,5-11,14-22H2,1-4H3,(H,30,31). The first-order valence-corrected chi connectivity index (χ1v) is 13.4. The lowest BCUT2D eigenvalue weighted by molar-refractivity contribution is -0.116. The fourth-order valence-electron chi connectivity index (χ4n) is 4.04. The number of ether oxygens (including phenoxy) is 3. The second kappa shape index (κ2) is 20.2. The van der Waals surface area contributed by atoms with E-state index in [1.54, 1.807) is 33.5 Å². The third-order valence-corrected chi connectivity index (χ3v) is 6.15. The highest BCUT2D eigenvalue weighted by molar-refractivity contribution is 5.94. The lowest BCUT2D eigenvalue weighted by Crippen LogP contribution is -2.13. The number of carbonyl (C=O) groups excluding carboxylic acids is 1. The second-order valence-electron chi connectivity index (χ2n) is 9.00. The van der Waals surface area contributed by atoms with Gasteiger partial charge in [-0.2, -0.15) is 0 Å². The maximum Gasteiger partial charge on any atom is 0.224 e. The van der Waals surface area contributed by atoms with Crippen LogP contribution in [0.5, 0.6) is 17.2 Å². The van der Waals surface area contributed by atoms with Gasteiger partial charge in [0.15, 0.2) is 0 Å². The Morgan fingerprint density at radius 3 is 1.65 bits per heavy atom. The molecule has 0 aliphatic heterocycles. The van der Waals surface area contributed by atoms with Crippen LogP contribution >= 0.6 is 0 Å². The van der Waals surface area contributed by atoms with Crippen LogP contribution in [0.3, 0.4) is 0 Å². The summed E-state index contributed by atoms with van der Waals surface area (Å²) < 4.78 is 16.0. The van der Waals surface area contributed by atoms with Gasteiger partial charge in [-0.3, -0.25) is 4.79 Å². The quantitative estimate of drug-likeness (QED) is 0.143. The summed E-state index contributed by atoms with van der Waals surface area (Å²) in [5, 5.41) is 2.94. The molecule has 1 amide bonds. The van der Waals surface area contributed by atoms with Crippen LogP contribution in [0.15, 0.2) is 24.3 Å². The fourth-order valence-corrected chi connectivity index (χ4v) is 4.04. The van der Waals surface area contributed by atoms with Crippen molar-refractivity contribution in [3.8, 4) is 17.2 Å². The van der Waals surface area contributed by atoms with E-state index in [-0.39, 0.29) is 5.91 Å². The monoisotopic (exact) mass is 475 g/mol. The van der Waals surface area contributed by atoms with Crippen molar-refractivity contribution in [2.45, 2.75) is 110 Å². The molecule has 1 aromatic carbocycles. The van der Waals surface area contributed by atoms with Crippen molar-refractivity contribution in [3.05, 3.63) is 24.3 Å². The summed E-state index contributed by atoms with van der Waals surface area (Å²) in [4.78, 5) is 12.4. The molecule has 5 nitrogen and oxygen atoms in total. The second-order valence-corrected chi connectivity index (χ2v) is 9.00. The van der Waals surface area contributed by atoms with Crippen molar-refractivity contribution < 1.29 is 19.0 Å². The number of hydrogen-bond donors (Lipinski definition) is 1. The van der Waals surface area contributed by atoms with Crippen LogP contribution in [-0.2, 0) is 4.79 Å². The van der Waals surface area contributed by atoms with Crippen molar-refractivity contribution in [1.82, 2.24) is 0 Å².